The van der Waals surface area contributed by atoms with Crippen LogP contribution >= 0.6 is 0 Å². The molecule has 0 radical (unpaired) electrons. The van der Waals surface area contributed by atoms with Crippen molar-refractivity contribution in [3.63, 3.8) is 0 Å². The molecule has 0 saturated carbocycles. The van der Waals surface area contributed by atoms with Crippen LogP contribution in [0.3, 0.4) is 0 Å². The first kappa shape index (κ1) is 13.6. The number of benzene rings is 1. The van der Waals surface area contributed by atoms with Crippen molar-refractivity contribution in [2.45, 2.75) is 39.3 Å². The monoisotopic (exact) mass is 267 g/mol. The summed E-state index contributed by atoms with van der Waals surface area (Å²) in [7, 11) is -2.80. The molecule has 1 saturated heterocycles. The summed E-state index contributed by atoms with van der Waals surface area (Å²) >= 11 is 0. The highest BCUT2D eigenvalue weighted by Crippen LogP contribution is 2.21. The van der Waals surface area contributed by atoms with E-state index in [1.165, 1.54) is 16.7 Å². The Morgan fingerprint density at radius 3 is 2.61 bits per heavy atom. The number of nitrogens with one attached hydrogen (secondary N) is 1. The first-order valence-corrected chi connectivity index (χ1v) is 8.23. The van der Waals surface area contributed by atoms with Gasteiger partial charge in [0.05, 0.1) is 11.5 Å². The van der Waals surface area contributed by atoms with Crippen molar-refractivity contribution in [1.82, 2.24) is 5.32 Å². The molecule has 1 heterocycles. The summed E-state index contributed by atoms with van der Waals surface area (Å²) in [6.45, 7) is 6.28. The van der Waals surface area contributed by atoms with E-state index in [0.29, 0.717) is 5.75 Å². The lowest BCUT2D eigenvalue weighted by Crippen LogP contribution is -2.32. The van der Waals surface area contributed by atoms with Crippen LogP contribution in [0.15, 0.2) is 18.2 Å². The molecule has 0 spiro atoms. The maximum absolute atomic E-state index is 11.4. The van der Waals surface area contributed by atoms with Gasteiger partial charge < -0.3 is 5.32 Å². The second kappa shape index (κ2) is 5.02. The van der Waals surface area contributed by atoms with Gasteiger partial charge in [0, 0.05) is 12.1 Å². The van der Waals surface area contributed by atoms with Gasteiger partial charge in [0.15, 0.2) is 9.84 Å². The fourth-order valence-electron chi connectivity index (χ4n) is 2.68. The van der Waals surface area contributed by atoms with Crippen LogP contribution in [0.2, 0.25) is 0 Å². The van der Waals surface area contributed by atoms with Gasteiger partial charge in [-0.05, 0) is 38.3 Å². The van der Waals surface area contributed by atoms with Crippen LogP contribution in [0.4, 0.5) is 0 Å². The number of hydrogen-bond acceptors (Lipinski definition) is 3. The molecule has 2 unspecified atom stereocenters. The van der Waals surface area contributed by atoms with Crippen molar-refractivity contribution in [2.75, 3.05) is 11.5 Å². The molecule has 0 bridgehead atoms. The van der Waals surface area contributed by atoms with E-state index < -0.39 is 9.84 Å². The third-order valence-electron chi connectivity index (χ3n) is 3.61. The van der Waals surface area contributed by atoms with E-state index >= 15 is 0 Å². The van der Waals surface area contributed by atoms with E-state index in [9.17, 15) is 8.42 Å². The molecular weight excluding hydrogens is 246 g/mol. The molecule has 1 aromatic carbocycles. The number of rotatable bonds is 3. The summed E-state index contributed by atoms with van der Waals surface area (Å²) in [4.78, 5) is 0. The SMILES string of the molecule is Cc1ccc(C(C)NC2CCS(=O)(=O)C2)c(C)c1. The van der Waals surface area contributed by atoms with Crippen LogP contribution in [0, 0.1) is 13.8 Å². The zero-order valence-electron chi connectivity index (χ0n) is 11.2. The number of hydrogen-bond donors (Lipinski definition) is 1. The van der Waals surface area contributed by atoms with Gasteiger partial charge in [-0.15, -0.1) is 0 Å². The molecular formula is C14H21NO2S. The molecule has 1 aliphatic rings. The smallest absolute Gasteiger partial charge is 0.151 e. The molecule has 1 N–H and O–H groups in total. The lowest BCUT2D eigenvalue weighted by atomic mass is 9.99. The molecule has 100 valence electrons. The van der Waals surface area contributed by atoms with Gasteiger partial charge in [-0.25, -0.2) is 8.42 Å². The average molecular weight is 267 g/mol. The Hall–Kier alpha value is -0.870. The Morgan fingerprint density at radius 1 is 1.33 bits per heavy atom. The van der Waals surface area contributed by atoms with Gasteiger partial charge in [0.2, 0.25) is 0 Å². The lowest BCUT2D eigenvalue weighted by molar-refractivity contribution is 0.483. The number of aryl methyl sites for hydroxylation is 2. The van der Waals surface area contributed by atoms with Crippen LogP contribution in [-0.2, 0) is 9.84 Å². The molecule has 0 amide bonds. The summed E-state index contributed by atoms with van der Waals surface area (Å²) in [5.41, 5.74) is 3.77. The Kier molecular flexibility index (Phi) is 3.78. The van der Waals surface area contributed by atoms with Crippen molar-refractivity contribution >= 4 is 9.84 Å². The molecule has 0 aliphatic carbocycles. The Balaban J connectivity index is 2.06. The molecule has 3 nitrogen and oxygen atoms in total. The highest BCUT2D eigenvalue weighted by Gasteiger charge is 2.28. The summed E-state index contributed by atoms with van der Waals surface area (Å²) in [5.74, 6) is 0.604. The Morgan fingerprint density at radius 2 is 2.06 bits per heavy atom. The normalized spacial score (nSPS) is 24.1. The average Bonchev–Trinajstić information content (AvgIpc) is 2.57. The quantitative estimate of drug-likeness (QED) is 0.912. The first-order chi connectivity index (χ1) is 8.37. The van der Waals surface area contributed by atoms with E-state index in [4.69, 9.17) is 0 Å². The molecule has 1 aromatic rings. The highest BCUT2D eigenvalue weighted by atomic mass is 32.2. The van der Waals surface area contributed by atoms with Crippen LogP contribution in [0.5, 0.6) is 0 Å². The van der Waals surface area contributed by atoms with Crippen molar-refractivity contribution < 1.29 is 8.42 Å². The second-order valence-corrected chi connectivity index (χ2v) is 7.58. The summed E-state index contributed by atoms with van der Waals surface area (Å²) in [6.07, 6.45) is 0.734. The highest BCUT2D eigenvalue weighted by molar-refractivity contribution is 7.91. The van der Waals surface area contributed by atoms with Crippen molar-refractivity contribution in [3.8, 4) is 0 Å². The topological polar surface area (TPSA) is 46.2 Å². The van der Waals surface area contributed by atoms with E-state index in [-0.39, 0.29) is 17.8 Å². The van der Waals surface area contributed by atoms with Gasteiger partial charge in [-0.3, -0.25) is 0 Å². The molecule has 1 aliphatic heterocycles. The summed E-state index contributed by atoms with van der Waals surface area (Å²) < 4.78 is 22.9. The molecule has 0 aromatic heterocycles. The summed E-state index contributed by atoms with van der Waals surface area (Å²) in [5, 5.41) is 3.43. The number of sulfone groups is 1. The Bertz CT molecular complexity index is 537. The minimum Gasteiger partial charge on any atom is -0.306 e. The standard InChI is InChI=1S/C14H21NO2S/c1-10-4-5-14(11(2)8-10)12(3)15-13-6-7-18(16,17)9-13/h4-5,8,12-13,15H,6-7,9H2,1-3H3. The largest absolute Gasteiger partial charge is 0.306 e. The lowest BCUT2D eigenvalue weighted by Gasteiger charge is -2.20. The van der Waals surface area contributed by atoms with Gasteiger partial charge in [0.25, 0.3) is 0 Å². The molecule has 2 atom stereocenters. The predicted molar refractivity (Wildman–Crippen MR) is 74.5 cm³/mol. The predicted octanol–water partition coefficient (Wildman–Crippen LogP) is 2.14. The first-order valence-electron chi connectivity index (χ1n) is 6.41. The van der Waals surface area contributed by atoms with Crippen molar-refractivity contribution in [2.24, 2.45) is 0 Å². The van der Waals surface area contributed by atoms with Gasteiger partial charge >= 0.3 is 0 Å². The van der Waals surface area contributed by atoms with E-state index in [0.717, 1.165) is 6.42 Å². The van der Waals surface area contributed by atoms with E-state index in [1.807, 2.05) is 0 Å². The third-order valence-corrected chi connectivity index (χ3v) is 5.38. The molecule has 4 heteroatoms. The van der Waals surface area contributed by atoms with E-state index in [2.05, 4.69) is 44.3 Å². The van der Waals surface area contributed by atoms with Crippen LogP contribution in [-0.4, -0.2) is 26.0 Å². The van der Waals surface area contributed by atoms with Crippen molar-refractivity contribution in [1.29, 1.82) is 0 Å². The Labute approximate surface area is 110 Å². The minimum atomic E-state index is -2.80. The van der Waals surface area contributed by atoms with Crippen LogP contribution < -0.4 is 5.32 Å². The maximum atomic E-state index is 11.4. The fraction of sp³-hybridized carbons (Fsp3) is 0.571. The molecule has 1 fully saturated rings. The zero-order chi connectivity index (χ0) is 13.3. The maximum Gasteiger partial charge on any atom is 0.151 e. The summed E-state index contributed by atoms with van der Waals surface area (Å²) in [6, 6.07) is 6.70. The van der Waals surface area contributed by atoms with E-state index in [1.54, 1.807) is 0 Å². The van der Waals surface area contributed by atoms with Gasteiger partial charge in [-0.1, -0.05) is 23.8 Å². The second-order valence-electron chi connectivity index (χ2n) is 5.35. The van der Waals surface area contributed by atoms with Crippen LogP contribution in [0.1, 0.15) is 36.1 Å². The van der Waals surface area contributed by atoms with Crippen LogP contribution in [0.25, 0.3) is 0 Å². The van der Waals surface area contributed by atoms with Crippen molar-refractivity contribution in [3.05, 3.63) is 34.9 Å². The van der Waals surface area contributed by atoms with Gasteiger partial charge in [0.1, 0.15) is 0 Å². The zero-order valence-corrected chi connectivity index (χ0v) is 12.0. The van der Waals surface area contributed by atoms with Gasteiger partial charge in [-0.2, -0.15) is 0 Å². The molecule has 18 heavy (non-hydrogen) atoms. The third kappa shape index (κ3) is 3.12. The fourth-order valence-corrected chi connectivity index (χ4v) is 4.37. The molecule has 2 rings (SSSR count). The minimum absolute atomic E-state index is 0.103.